The summed E-state index contributed by atoms with van der Waals surface area (Å²) in [7, 11) is 0. The SMILES string of the molecule is Cc1ccc(-c2noc(CCCN3CC[C@@H](c4ccccc4)C3)n2)cc1F. The molecule has 0 bridgehead atoms. The van der Waals surface area contributed by atoms with Crippen LogP contribution in [0.5, 0.6) is 0 Å². The van der Waals surface area contributed by atoms with E-state index < -0.39 is 0 Å². The molecule has 0 saturated carbocycles. The van der Waals surface area contributed by atoms with Crippen molar-refractivity contribution in [3.05, 3.63) is 71.4 Å². The molecule has 4 rings (SSSR count). The molecule has 5 heteroatoms. The predicted octanol–water partition coefficient (Wildman–Crippen LogP) is 4.61. The number of aromatic nitrogens is 2. The molecule has 2 heterocycles. The fourth-order valence-corrected chi connectivity index (χ4v) is 3.69. The molecule has 0 unspecified atom stereocenters. The van der Waals surface area contributed by atoms with Crippen LogP contribution in [-0.2, 0) is 6.42 Å². The van der Waals surface area contributed by atoms with Crippen LogP contribution in [0, 0.1) is 12.7 Å². The second-order valence-corrected chi connectivity index (χ2v) is 7.28. The fraction of sp³-hybridized carbons (Fsp3) is 0.364. The van der Waals surface area contributed by atoms with E-state index in [1.807, 2.05) is 6.07 Å². The lowest BCUT2D eigenvalue weighted by Crippen LogP contribution is -2.22. The zero-order chi connectivity index (χ0) is 18.6. The van der Waals surface area contributed by atoms with Gasteiger partial charge in [-0.2, -0.15) is 4.98 Å². The summed E-state index contributed by atoms with van der Waals surface area (Å²) in [5.74, 6) is 1.46. The van der Waals surface area contributed by atoms with E-state index in [9.17, 15) is 4.39 Å². The molecule has 0 amide bonds. The maximum absolute atomic E-state index is 13.7. The van der Waals surface area contributed by atoms with E-state index in [1.165, 1.54) is 18.1 Å². The van der Waals surface area contributed by atoms with Gasteiger partial charge >= 0.3 is 0 Å². The van der Waals surface area contributed by atoms with Crippen LogP contribution in [0.25, 0.3) is 11.4 Å². The van der Waals surface area contributed by atoms with Gasteiger partial charge in [-0.3, -0.25) is 0 Å². The molecule has 1 aliphatic rings. The van der Waals surface area contributed by atoms with E-state index in [2.05, 4.69) is 45.4 Å². The molecule has 1 aromatic heterocycles. The first-order valence-electron chi connectivity index (χ1n) is 9.55. The monoisotopic (exact) mass is 365 g/mol. The average Bonchev–Trinajstić information content (AvgIpc) is 3.35. The second kappa shape index (κ2) is 8.01. The van der Waals surface area contributed by atoms with Crippen LogP contribution < -0.4 is 0 Å². The molecule has 1 aliphatic heterocycles. The molecule has 0 spiro atoms. The van der Waals surface area contributed by atoms with Crippen molar-refractivity contribution < 1.29 is 8.91 Å². The van der Waals surface area contributed by atoms with Crippen LogP contribution in [0.1, 0.15) is 35.8 Å². The normalized spacial score (nSPS) is 17.5. The highest BCUT2D eigenvalue weighted by Crippen LogP contribution is 2.27. The van der Waals surface area contributed by atoms with Crippen molar-refractivity contribution in [2.24, 2.45) is 0 Å². The molecule has 1 saturated heterocycles. The number of aryl methyl sites for hydroxylation is 2. The van der Waals surface area contributed by atoms with Crippen LogP contribution >= 0.6 is 0 Å². The molecule has 2 aromatic carbocycles. The summed E-state index contributed by atoms with van der Waals surface area (Å²) < 4.78 is 19.1. The maximum atomic E-state index is 13.7. The Morgan fingerprint density at radius 2 is 2.04 bits per heavy atom. The third kappa shape index (κ3) is 4.25. The number of likely N-dealkylation sites (tertiary alicyclic amines) is 1. The Balaban J connectivity index is 1.28. The van der Waals surface area contributed by atoms with Gasteiger partial charge < -0.3 is 9.42 Å². The Labute approximate surface area is 159 Å². The number of benzene rings is 2. The van der Waals surface area contributed by atoms with Crippen molar-refractivity contribution in [1.29, 1.82) is 0 Å². The molecule has 4 nitrogen and oxygen atoms in total. The molecule has 0 N–H and O–H groups in total. The minimum absolute atomic E-state index is 0.249. The van der Waals surface area contributed by atoms with Gasteiger partial charge in [-0.1, -0.05) is 47.6 Å². The van der Waals surface area contributed by atoms with Gasteiger partial charge in [0, 0.05) is 18.5 Å². The maximum Gasteiger partial charge on any atom is 0.227 e. The predicted molar refractivity (Wildman–Crippen MR) is 103 cm³/mol. The zero-order valence-electron chi connectivity index (χ0n) is 15.6. The number of halogens is 1. The second-order valence-electron chi connectivity index (χ2n) is 7.28. The highest BCUT2D eigenvalue weighted by molar-refractivity contribution is 5.54. The summed E-state index contributed by atoms with van der Waals surface area (Å²) in [6, 6.07) is 15.8. The van der Waals surface area contributed by atoms with Gasteiger partial charge in [0.1, 0.15) is 5.82 Å². The first-order chi connectivity index (χ1) is 13.2. The van der Waals surface area contributed by atoms with E-state index >= 15 is 0 Å². The standard InChI is InChI=1S/C22H24FN3O/c1-16-9-10-18(14-20(16)23)22-24-21(27-25-22)8-5-12-26-13-11-19(15-26)17-6-3-2-4-7-17/h2-4,6-7,9-10,14,19H,5,8,11-13,15H2,1H3/t19-/m1/s1. The van der Waals surface area contributed by atoms with Gasteiger partial charge in [-0.25, -0.2) is 4.39 Å². The lowest BCUT2D eigenvalue weighted by Gasteiger charge is -2.15. The summed E-state index contributed by atoms with van der Waals surface area (Å²) in [6.07, 6.45) is 2.94. The van der Waals surface area contributed by atoms with Crippen molar-refractivity contribution in [2.45, 2.75) is 32.1 Å². The Kier molecular flexibility index (Phi) is 5.30. The molecule has 1 atom stereocenters. The largest absolute Gasteiger partial charge is 0.339 e. The number of hydrogen-bond donors (Lipinski definition) is 0. The van der Waals surface area contributed by atoms with Gasteiger partial charge in [0.05, 0.1) is 0 Å². The Bertz CT molecular complexity index is 894. The number of rotatable bonds is 6. The molecular formula is C22H24FN3O. The smallest absolute Gasteiger partial charge is 0.227 e. The Morgan fingerprint density at radius 1 is 1.19 bits per heavy atom. The zero-order valence-corrected chi connectivity index (χ0v) is 15.6. The Morgan fingerprint density at radius 3 is 2.85 bits per heavy atom. The van der Waals surface area contributed by atoms with Crippen LogP contribution in [0.15, 0.2) is 53.1 Å². The van der Waals surface area contributed by atoms with Gasteiger partial charge in [-0.15, -0.1) is 0 Å². The summed E-state index contributed by atoms with van der Waals surface area (Å²) in [4.78, 5) is 6.92. The minimum Gasteiger partial charge on any atom is -0.339 e. The van der Waals surface area contributed by atoms with Gasteiger partial charge in [0.15, 0.2) is 0 Å². The van der Waals surface area contributed by atoms with E-state index in [0.29, 0.717) is 28.8 Å². The summed E-state index contributed by atoms with van der Waals surface area (Å²) >= 11 is 0. The number of nitrogens with zero attached hydrogens (tertiary/aromatic N) is 3. The van der Waals surface area contributed by atoms with Crippen molar-refractivity contribution in [1.82, 2.24) is 15.0 Å². The molecular weight excluding hydrogens is 341 g/mol. The quantitative estimate of drug-likeness (QED) is 0.640. The summed E-state index contributed by atoms with van der Waals surface area (Å²) in [6.45, 7) is 5.01. The topological polar surface area (TPSA) is 42.2 Å². The fourth-order valence-electron chi connectivity index (χ4n) is 3.69. The van der Waals surface area contributed by atoms with Crippen molar-refractivity contribution in [3.8, 4) is 11.4 Å². The third-order valence-electron chi connectivity index (χ3n) is 5.31. The van der Waals surface area contributed by atoms with E-state index in [1.54, 1.807) is 13.0 Å². The molecule has 3 aromatic rings. The van der Waals surface area contributed by atoms with E-state index in [0.717, 1.165) is 32.5 Å². The highest BCUT2D eigenvalue weighted by Gasteiger charge is 2.23. The Hall–Kier alpha value is -2.53. The van der Waals surface area contributed by atoms with Gasteiger partial charge in [-0.05, 0) is 56.0 Å². The first kappa shape index (κ1) is 17.9. The van der Waals surface area contributed by atoms with E-state index in [4.69, 9.17) is 4.52 Å². The molecule has 0 radical (unpaired) electrons. The lowest BCUT2D eigenvalue weighted by atomic mass is 9.99. The van der Waals surface area contributed by atoms with Gasteiger partial charge in [0.25, 0.3) is 0 Å². The van der Waals surface area contributed by atoms with Crippen LogP contribution in [0.2, 0.25) is 0 Å². The minimum atomic E-state index is -0.249. The van der Waals surface area contributed by atoms with Gasteiger partial charge in [0.2, 0.25) is 11.7 Å². The summed E-state index contributed by atoms with van der Waals surface area (Å²) in [5.41, 5.74) is 2.70. The lowest BCUT2D eigenvalue weighted by molar-refractivity contribution is 0.315. The molecule has 27 heavy (non-hydrogen) atoms. The van der Waals surface area contributed by atoms with E-state index in [-0.39, 0.29) is 5.82 Å². The van der Waals surface area contributed by atoms with Crippen LogP contribution in [-0.4, -0.2) is 34.7 Å². The van der Waals surface area contributed by atoms with Crippen LogP contribution in [0.4, 0.5) is 4.39 Å². The first-order valence-corrected chi connectivity index (χ1v) is 9.55. The van der Waals surface area contributed by atoms with Crippen LogP contribution in [0.3, 0.4) is 0 Å². The summed E-state index contributed by atoms with van der Waals surface area (Å²) in [5, 5.41) is 3.99. The average molecular weight is 365 g/mol. The van der Waals surface area contributed by atoms with Crippen molar-refractivity contribution in [2.75, 3.05) is 19.6 Å². The van der Waals surface area contributed by atoms with Crippen molar-refractivity contribution in [3.63, 3.8) is 0 Å². The molecule has 1 fully saturated rings. The van der Waals surface area contributed by atoms with Crippen molar-refractivity contribution >= 4 is 0 Å². The third-order valence-corrected chi connectivity index (χ3v) is 5.31. The molecule has 140 valence electrons. The highest BCUT2D eigenvalue weighted by atomic mass is 19.1. The molecule has 0 aliphatic carbocycles. The number of hydrogen-bond acceptors (Lipinski definition) is 4.